The van der Waals surface area contributed by atoms with Gasteiger partial charge in [-0.3, -0.25) is 4.79 Å². The molecule has 1 aliphatic heterocycles. The smallest absolute Gasteiger partial charge is 0.338 e. The Kier molecular flexibility index (Phi) is 5.67. The fourth-order valence-electron chi connectivity index (χ4n) is 2.02. The third-order valence-electron chi connectivity index (χ3n) is 3.42. The molecule has 0 aromatic heterocycles. The number of carbonyl (C=O) groups is 2. The van der Waals surface area contributed by atoms with Crippen molar-refractivity contribution in [1.82, 2.24) is 5.32 Å². The van der Waals surface area contributed by atoms with Crippen LogP contribution < -0.4 is 19.5 Å². The van der Waals surface area contributed by atoms with Crippen LogP contribution in [0.4, 0.5) is 0 Å². The van der Waals surface area contributed by atoms with Gasteiger partial charge in [0.1, 0.15) is 13.2 Å². The number of esters is 1. The minimum absolute atomic E-state index is 0.0376. The van der Waals surface area contributed by atoms with Crippen LogP contribution in [0.5, 0.6) is 17.2 Å². The first-order valence-electron chi connectivity index (χ1n) is 7.49. The van der Waals surface area contributed by atoms with E-state index in [1.807, 2.05) is 13.8 Å². The Morgan fingerprint density at radius 1 is 1.30 bits per heavy atom. The van der Waals surface area contributed by atoms with Gasteiger partial charge in [-0.25, -0.2) is 4.79 Å². The number of hydrogen-bond donors (Lipinski definition) is 1. The van der Waals surface area contributed by atoms with E-state index < -0.39 is 5.97 Å². The zero-order valence-electron chi connectivity index (χ0n) is 13.5. The Bertz CT molecular complexity index is 569. The van der Waals surface area contributed by atoms with E-state index in [1.54, 1.807) is 0 Å². The lowest BCUT2D eigenvalue weighted by atomic mass is 10.1. The van der Waals surface area contributed by atoms with E-state index in [2.05, 4.69) is 5.32 Å². The van der Waals surface area contributed by atoms with Crippen molar-refractivity contribution in [2.45, 2.75) is 26.3 Å². The quantitative estimate of drug-likeness (QED) is 0.800. The van der Waals surface area contributed by atoms with Crippen molar-refractivity contribution in [1.29, 1.82) is 0 Å². The third kappa shape index (κ3) is 4.28. The molecule has 1 atom stereocenters. The molecule has 0 aliphatic carbocycles. The van der Waals surface area contributed by atoms with E-state index in [0.717, 1.165) is 6.42 Å². The van der Waals surface area contributed by atoms with Crippen molar-refractivity contribution >= 4 is 11.9 Å². The van der Waals surface area contributed by atoms with Gasteiger partial charge in [0.25, 0.3) is 5.91 Å². The van der Waals surface area contributed by atoms with Crippen LogP contribution in [0.3, 0.4) is 0 Å². The first-order chi connectivity index (χ1) is 11.0. The lowest BCUT2D eigenvalue weighted by molar-refractivity contribution is -0.124. The SMILES string of the molecule is CCC(C)NC(=O)COC(=O)c1cc(OC)c2c(c1)OCCO2. The van der Waals surface area contributed by atoms with Gasteiger partial charge in [-0.05, 0) is 25.5 Å². The van der Waals surface area contributed by atoms with Gasteiger partial charge in [0.2, 0.25) is 5.75 Å². The summed E-state index contributed by atoms with van der Waals surface area (Å²) in [7, 11) is 1.47. The Labute approximate surface area is 134 Å². The number of ether oxygens (including phenoxy) is 4. The molecule has 1 aromatic carbocycles. The van der Waals surface area contributed by atoms with Crippen LogP contribution in [0.1, 0.15) is 30.6 Å². The largest absolute Gasteiger partial charge is 0.493 e. The zero-order chi connectivity index (χ0) is 16.8. The first-order valence-corrected chi connectivity index (χ1v) is 7.49. The number of carbonyl (C=O) groups excluding carboxylic acids is 2. The molecule has 0 saturated heterocycles. The molecular weight excluding hydrogens is 302 g/mol. The van der Waals surface area contributed by atoms with Gasteiger partial charge in [0.15, 0.2) is 18.1 Å². The summed E-state index contributed by atoms with van der Waals surface area (Å²) in [4.78, 5) is 23.8. The summed E-state index contributed by atoms with van der Waals surface area (Å²) in [5, 5.41) is 2.72. The van der Waals surface area contributed by atoms with E-state index >= 15 is 0 Å². The molecule has 1 aliphatic rings. The molecule has 0 spiro atoms. The number of benzene rings is 1. The van der Waals surface area contributed by atoms with Gasteiger partial charge in [-0.1, -0.05) is 6.92 Å². The number of methoxy groups -OCH3 is 1. The number of amides is 1. The Balaban J connectivity index is 2.03. The molecule has 0 fully saturated rings. The van der Waals surface area contributed by atoms with E-state index in [1.165, 1.54) is 19.2 Å². The van der Waals surface area contributed by atoms with Gasteiger partial charge < -0.3 is 24.3 Å². The number of rotatable bonds is 6. The van der Waals surface area contributed by atoms with Crippen molar-refractivity contribution in [2.24, 2.45) is 0 Å². The van der Waals surface area contributed by atoms with Crippen LogP contribution in [0.15, 0.2) is 12.1 Å². The van der Waals surface area contributed by atoms with Gasteiger partial charge in [0.05, 0.1) is 12.7 Å². The summed E-state index contributed by atoms with van der Waals surface area (Å²) >= 11 is 0. The summed E-state index contributed by atoms with van der Waals surface area (Å²) in [5.74, 6) is 0.311. The monoisotopic (exact) mass is 323 g/mol. The van der Waals surface area contributed by atoms with Crippen molar-refractivity contribution in [3.05, 3.63) is 17.7 Å². The predicted octanol–water partition coefficient (Wildman–Crippen LogP) is 1.54. The van der Waals surface area contributed by atoms with Crippen LogP contribution in [-0.2, 0) is 9.53 Å². The average molecular weight is 323 g/mol. The second-order valence-corrected chi connectivity index (χ2v) is 5.16. The summed E-state index contributed by atoms with van der Waals surface area (Å²) in [6, 6.07) is 3.06. The fraction of sp³-hybridized carbons (Fsp3) is 0.500. The number of fused-ring (bicyclic) bond motifs is 1. The van der Waals surface area contributed by atoms with Gasteiger partial charge in [0, 0.05) is 6.04 Å². The fourth-order valence-corrected chi connectivity index (χ4v) is 2.02. The lowest BCUT2D eigenvalue weighted by Gasteiger charge is -2.21. The highest BCUT2D eigenvalue weighted by Gasteiger charge is 2.22. The van der Waals surface area contributed by atoms with Crippen molar-refractivity contribution in [3.8, 4) is 17.2 Å². The van der Waals surface area contributed by atoms with E-state index in [-0.39, 0.29) is 24.1 Å². The van der Waals surface area contributed by atoms with Crippen molar-refractivity contribution in [2.75, 3.05) is 26.9 Å². The topological polar surface area (TPSA) is 83.1 Å². The molecule has 126 valence electrons. The molecular formula is C16H21NO6. The summed E-state index contributed by atoms with van der Waals surface area (Å²) in [6.45, 7) is 4.32. The minimum atomic E-state index is -0.625. The van der Waals surface area contributed by atoms with Crippen LogP contribution in [-0.4, -0.2) is 44.8 Å². The molecule has 1 heterocycles. The summed E-state index contributed by atoms with van der Waals surface area (Å²) < 4.78 is 21.2. The zero-order valence-corrected chi connectivity index (χ0v) is 13.5. The molecule has 23 heavy (non-hydrogen) atoms. The van der Waals surface area contributed by atoms with Gasteiger partial charge in [-0.2, -0.15) is 0 Å². The third-order valence-corrected chi connectivity index (χ3v) is 3.42. The molecule has 1 aromatic rings. The molecule has 1 unspecified atom stereocenters. The molecule has 1 N–H and O–H groups in total. The molecule has 2 rings (SSSR count). The maximum Gasteiger partial charge on any atom is 0.338 e. The van der Waals surface area contributed by atoms with Crippen molar-refractivity contribution < 1.29 is 28.5 Å². The van der Waals surface area contributed by atoms with Crippen LogP contribution in [0, 0.1) is 0 Å². The molecule has 1 amide bonds. The Hall–Kier alpha value is -2.44. The highest BCUT2D eigenvalue weighted by atomic mass is 16.6. The summed E-state index contributed by atoms with van der Waals surface area (Å²) in [6.07, 6.45) is 0.805. The normalized spacial score (nSPS) is 13.9. The lowest BCUT2D eigenvalue weighted by Crippen LogP contribution is -2.35. The Morgan fingerprint density at radius 2 is 2.04 bits per heavy atom. The van der Waals surface area contributed by atoms with Crippen LogP contribution in [0.2, 0.25) is 0 Å². The molecule has 0 bridgehead atoms. The predicted molar refractivity (Wildman–Crippen MR) is 82.2 cm³/mol. The molecule has 0 radical (unpaired) electrons. The second-order valence-electron chi connectivity index (χ2n) is 5.16. The van der Waals surface area contributed by atoms with Crippen LogP contribution >= 0.6 is 0 Å². The highest BCUT2D eigenvalue weighted by molar-refractivity contribution is 5.92. The molecule has 7 heteroatoms. The van der Waals surface area contributed by atoms with E-state index in [0.29, 0.717) is 30.5 Å². The number of hydrogen-bond acceptors (Lipinski definition) is 6. The van der Waals surface area contributed by atoms with Gasteiger partial charge >= 0.3 is 5.97 Å². The van der Waals surface area contributed by atoms with Crippen molar-refractivity contribution in [3.63, 3.8) is 0 Å². The molecule has 7 nitrogen and oxygen atoms in total. The van der Waals surface area contributed by atoms with E-state index in [9.17, 15) is 9.59 Å². The molecule has 0 saturated carbocycles. The van der Waals surface area contributed by atoms with E-state index in [4.69, 9.17) is 18.9 Å². The maximum absolute atomic E-state index is 12.1. The standard InChI is InChI=1S/C16H21NO6/c1-4-10(2)17-14(18)9-23-16(19)11-7-12(20-3)15-13(8-11)21-5-6-22-15/h7-8,10H,4-6,9H2,1-3H3,(H,17,18). The Morgan fingerprint density at radius 3 is 2.74 bits per heavy atom. The highest BCUT2D eigenvalue weighted by Crippen LogP contribution is 2.40. The van der Waals surface area contributed by atoms with Gasteiger partial charge in [-0.15, -0.1) is 0 Å². The second kappa shape index (κ2) is 7.71. The first kappa shape index (κ1) is 16.9. The summed E-state index contributed by atoms with van der Waals surface area (Å²) in [5.41, 5.74) is 0.238. The van der Waals surface area contributed by atoms with Crippen LogP contribution in [0.25, 0.3) is 0 Å². The minimum Gasteiger partial charge on any atom is -0.493 e. The average Bonchev–Trinajstić information content (AvgIpc) is 2.58. The number of nitrogens with one attached hydrogen (secondary N) is 1. The maximum atomic E-state index is 12.1.